The van der Waals surface area contributed by atoms with Gasteiger partial charge in [0.15, 0.2) is 0 Å². The van der Waals surface area contributed by atoms with Gasteiger partial charge in [-0.1, -0.05) is 0 Å². The van der Waals surface area contributed by atoms with Crippen LogP contribution >= 0.6 is 0 Å². The van der Waals surface area contributed by atoms with Crippen LogP contribution in [-0.2, 0) is 14.6 Å². The molecule has 1 aromatic rings. The first-order valence-corrected chi connectivity index (χ1v) is 4.03. The van der Waals surface area contributed by atoms with E-state index in [9.17, 15) is 8.42 Å². The van der Waals surface area contributed by atoms with Crippen LogP contribution in [0.15, 0.2) is 24.5 Å². The molecule has 0 saturated heterocycles. The minimum atomic E-state index is -4.16. The van der Waals surface area contributed by atoms with Crippen molar-refractivity contribution in [2.24, 2.45) is 0 Å². The number of rotatable bonds is 1. The molecule has 0 spiro atoms. The van der Waals surface area contributed by atoms with Crippen LogP contribution in [0.4, 0.5) is 0 Å². The van der Waals surface area contributed by atoms with E-state index in [1.54, 1.807) is 0 Å². The first kappa shape index (κ1) is 14.7. The van der Waals surface area contributed by atoms with Gasteiger partial charge in [-0.15, -0.1) is 0 Å². The van der Waals surface area contributed by atoms with E-state index < -0.39 is 10.4 Å². The topological polar surface area (TPSA) is 79.4 Å². The molecule has 1 rings (SSSR count). The summed E-state index contributed by atoms with van der Waals surface area (Å²) in [5.74, 6) is 0. The molecule has 0 aliphatic rings. The van der Waals surface area contributed by atoms with Crippen LogP contribution in [0, 0.1) is 0 Å². The Kier molecular flexibility index (Phi) is 9.51. The maximum Gasteiger partial charge on any atom is 1.00 e. The zero-order valence-corrected chi connectivity index (χ0v) is 9.71. The third-order valence-corrected chi connectivity index (χ3v) is 1.13. The van der Waals surface area contributed by atoms with Crippen LogP contribution < -0.4 is 29.6 Å². The maximum atomic E-state index is 9.33. The first-order valence-electron chi connectivity index (χ1n) is 2.67. The fraction of sp³-hybridized carbons (Fsp3) is 0.200. The molecule has 0 aliphatic heterocycles. The minimum Gasteiger partial charge on any atom is -1.00 e. The van der Waals surface area contributed by atoms with E-state index in [-0.39, 0.29) is 31.0 Å². The molecular formula is C5H10NNaO4S. The number of nitrogens with one attached hydrogen (secondary N) is 1. The molecule has 0 amide bonds. The Hall–Kier alpha value is 0.150. The van der Waals surface area contributed by atoms with Gasteiger partial charge in [-0.05, 0) is 12.1 Å². The fourth-order valence-electron chi connectivity index (χ4n) is 0.278. The van der Waals surface area contributed by atoms with Crippen molar-refractivity contribution in [2.75, 3.05) is 7.11 Å². The van der Waals surface area contributed by atoms with Gasteiger partial charge < -0.3 is 6.41 Å². The third kappa shape index (κ3) is 12.8. The van der Waals surface area contributed by atoms with Crippen LogP contribution in [0.25, 0.3) is 0 Å². The van der Waals surface area contributed by atoms with Gasteiger partial charge in [0.05, 0.1) is 7.11 Å². The Morgan fingerprint density at radius 1 is 1.42 bits per heavy atom. The Labute approximate surface area is 94.9 Å². The fourth-order valence-corrected chi connectivity index (χ4v) is 0.278. The van der Waals surface area contributed by atoms with E-state index in [0.717, 1.165) is 7.11 Å². The summed E-state index contributed by atoms with van der Waals surface area (Å²) < 4.78 is 29.7. The largest absolute Gasteiger partial charge is 1.00 e. The van der Waals surface area contributed by atoms with Crippen LogP contribution in [0.2, 0.25) is 0 Å². The molecule has 5 nitrogen and oxygen atoms in total. The number of hydrogen-bond donors (Lipinski definition) is 2. The zero-order valence-electron chi connectivity index (χ0n) is 7.89. The third-order valence-electron chi connectivity index (χ3n) is 0.707. The van der Waals surface area contributed by atoms with E-state index in [1.165, 1.54) is 0 Å². The van der Waals surface area contributed by atoms with Crippen LogP contribution in [0.1, 0.15) is 1.43 Å². The molecule has 0 radical (unpaired) electrons. The molecule has 66 valence electrons. The molecule has 0 aliphatic carbocycles. The van der Waals surface area contributed by atoms with E-state index in [4.69, 9.17) is 4.55 Å². The van der Waals surface area contributed by atoms with Gasteiger partial charge in [0.1, 0.15) is 0 Å². The summed E-state index contributed by atoms with van der Waals surface area (Å²) in [7, 11) is -3.29. The summed E-state index contributed by atoms with van der Waals surface area (Å²) >= 11 is 0. The van der Waals surface area contributed by atoms with Crippen molar-refractivity contribution in [3.63, 3.8) is 0 Å². The van der Waals surface area contributed by atoms with E-state index >= 15 is 0 Å². The molecular weight excluding hydrogens is 193 g/mol. The SMILES string of the molecule is COS(=O)(=O)O.[H-].[Na+].c1cc[nH]c1. The van der Waals surface area contributed by atoms with Gasteiger partial charge >= 0.3 is 40.0 Å². The second kappa shape index (κ2) is 7.78. The molecule has 7 heteroatoms. The molecule has 0 fully saturated rings. The summed E-state index contributed by atoms with van der Waals surface area (Å²) in [6.45, 7) is 0. The molecule has 0 atom stereocenters. The van der Waals surface area contributed by atoms with Gasteiger partial charge in [-0.3, -0.25) is 8.74 Å². The molecule has 1 heterocycles. The van der Waals surface area contributed by atoms with Crippen molar-refractivity contribution < 1.29 is 48.1 Å². The first-order chi connectivity index (χ1) is 5.06. The van der Waals surface area contributed by atoms with Crippen molar-refractivity contribution >= 4 is 10.4 Å². The van der Waals surface area contributed by atoms with Crippen molar-refractivity contribution in [1.82, 2.24) is 4.98 Å². The second-order valence-electron chi connectivity index (χ2n) is 1.48. The summed E-state index contributed by atoms with van der Waals surface area (Å²) in [6, 6.07) is 3.89. The Bertz CT molecular complexity index is 245. The molecule has 12 heavy (non-hydrogen) atoms. The van der Waals surface area contributed by atoms with Crippen LogP contribution in [-0.4, -0.2) is 25.1 Å². The van der Waals surface area contributed by atoms with Gasteiger partial charge in [0, 0.05) is 12.4 Å². The monoisotopic (exact) mass is 203 g/mol. The van der Waals surface area contributed by atoms with Gasteiger partial charge in [-0.2, -0.15) is 8.42 Å². The zero-order chi connectivity index (χ0) is 8.74. The van der Waals surface area contributed by atoms with Gasteiger partial charge in [-0.25, -0.2) is 0 Å². The quantitative estimate of drug-likeness (QED) is 0.393. The molecule has 2 N–H and O–H groups in total. The smallest absolute Gasteiger partial charge is 1.00 e. The molecule has 0 bridgehead atoms. The normalized spacial score (nSPS) is 9.17. The van der Waals surface area contributed by atoms with E-state index in [1.807, 2.05) is 24.5 Å². The van der Waals surface area contributed by atoms with Crippen molar-refractivity contribution in [3.05, 3.63) is 24.5 Å². The second-order valence-corrected chi connectivity index (χ2v) is 2.67. The predicted octanol–water partition coefficient (Wildman–Crippen LogP) is -2.43. The Morgan fingerprint density at radius 3 is 1.83 bits per heavy atom. The summed E-state index contributed by atoms with van der Waals surface area (Å²) in [6.07, 6.45) is 3.75. The molecule has 0 unspecified atom stereocenters. The van der Waals surface area contributed by atoms with Crippen LogP contribution in [0.5, 0.6) is 0 Å². The van der Waals surface area contributed by atoms with Crippen molar-refractivity contribution in [1.29, 1.82) is 0 Å². The maximum absolute atomic E-state index is 9.33. The van der Waals surface area contributed by atoms with Crippen molar-refractivity contribution in [3.8, 4) is 0 Å². The average Bonchev–Trinajstić information content (AvgIpc) is 2.41. The molecule has 1 aromatic heterocycles. The number of aromatic amines is 1. The standard InChI is InChI=1S/C4H5N.CH4O4S.Na.H/c1-2-4-5-3-1;1-5-6(2,3)4;;/h1-5H;1H3,(H,2,3,4);;/q;;+1;-1. The minimum absolute atomic E-state index is 0. The summed E-state index contributed by atoms with van der Waals surface area (Å²) in [5.41, 5.74) is 0. The van der Waals surface area contributed by atoms with Crippen LogP contribution in [0.3, 0.4) is 0 Å². The average molecular weight is 203 g/mol. The Balaban J connectivity index is -0.000000134. The van der Waals surface area contributed by atoms with Crippen molar-refractivity contribution in [2.45, 2.75) is 0 Å². The van der Waals surface area contributed by atoms with Gasteiger partial charge in [0.2, 0.25) is 0 Å². The van der Waals surface area contributed by atoms with E-state index in [0.29, 0.717) is 0 Å². The summed E-state index contributed by atoms with van der Waals surface area (Å²) in [4.78, 5) is 2.86. The Morgan fingerprint density at radius 2 is 1.75 bits per heavy atom. The number of aromatic nitrogens is 1. The molecule has 0 aromatic carbocycles. The number of hydrogen-bond acceptors (Lipinski definition) is 3. The van der Waals surface area contributed by atoms with E-state index in [2.05, 4.69) is 9.17 Å². The molecule has 0 saturated carbocycles. The number of H-pyrrole nitrogens is 1. The summed E-state index contributed by atoms with van der Waals surface area (Å²) in [5, 5.41) is 0. The predicted molar refractivity (Wildman–Crippen MR) is 40.5 cm³/mol. The van der Waals surface area contributed by atoms with Gasteiger partial charge in [0.25, 0.3) is 0 Å².